The molecule has 3 amide bonds. The second kappa shape index (κ2) is 7.55. The number of anilines is 1. The number of fused-ring (bicyclic) bond motifs is 4. The molecule has 2 fully saturated rings. The summed E-state index contributed by atoms with van der Waals surface area (Å²) in [5.41, 5.74) is -0.233. The van der Waals surface area contributed by atoms with Crippen LogP contribution in [0.1, 0.15) is 30.9 Å². The Morgan fingerprint density at radius 2 is 1.85 bits per heavy atom. The number of phenols is 2. The number of rotatable bonds is 5. The molecular weight excluding hydrogens is 429 g/mol. The molecule has 2 aromatic carbocycles. The molecular formula is C24H24FN3O5. The predicted molar refractivity (Wildman–Crippen MR) is 116 cm³/mol. The quantitative estimate of drug-likeness (QED) is 0.406. The summed E-state index contributed by atoms with van der Waals surface area (Å²) in [6.07, 6.45) is 1.65. The predicted octanol–water partition coefficient (Wildman–Crippen LogP) is 2.00. The van der Waals surface area contributed by atoms with Gasteiger partial charge in [0.15, 0.2) is 11.5 Å². The number of unbranched alkanes of at least 4 members (excludes halogenated alkanes) is 1. The second-order valence-electron chi connectivity index (χ2n) is 8.92. The number of nitrogens with zero attached hydrogens (tertiary/aromatic N) is 1. The monoisotopic (exact) mass is 453 g/mol. The van der Waals surface area contributed by atoms with Gasteiger partial charge in [-0.25, -0.2) is 4.39 Å². The van der Waals surface area contributed by atoms with Crippen LogP contribution in [0.2, 0.25) is 0 Å². The summed E-state index contributed by atoms with van der Waals surface area (Å²) in [5, 5.41) is 25.5. The van der Waals surface area contributed by atoms with Crippen LogP contribution in [0.5, 0.6) is 11.5 Å². The van der Waals surface area contributed by atoms with E-state index in [1.165, 1.54) is 35.2 Å². The van der Waals surface area contributed by atoms with Gasteiger partial charge in [0.1, 0.15) is 11.4 Å². The van der Waals surface area contributed by atoms with Gasteiger partial charge in [-0.05, 0) is 48.7 Å². The Balaban J connectivity index is 1.61. The van der Waals surface area contributed by atoms with E-state index in [-0.39, 0.29) is 30.4 Å². The fraction of sp³-hybridized carbons (Fsp3) is 0.375. The van der Waals surface area contributed by atoms with E-state index in [9.17, 15) is 29.0 Å². The number of benzene rings is 2. The Bertz CT molecular complexity index is 1180. The minimum atomic E-state index is -1.57. The first-order chi connectivity index (χ1) is 15.8. The zero-order valence-electron chi connectivity index (χ0n) is 18.0. The van der Waals surface area contributed by atoms with Crippen molar-refractivity contribution in [3.63, 3.8) is 0 Å². The molecule has 3 heterocycles. The number of halogens is 1. The van der Waals surface area contributed by atoms with Gasteiger partial charge in [-0.1, -0.05) is 19.4 Å². The average Bonchev–Trinajstić information content (AvgIpc) is 3.34. The summed E-state index contributed by atoms with van der Waals surface area (Å²) in [6.45, 7) is 2.22. The van der Waals surface area contributed by atoms with Gasteiger partial charge in [-0.15, -0.1) is 0 Å². The molecule has 4 atom stereocenters. The van der Waals surface area contributed by atoms with Gasteiger partial charge in [0, 0.05) is 23.8 Å². The minimum Gasteiger partial charge on any atom is -0.504 e. The second-order valence-corrected chi connectivity index (χ2v) is 8.92. The third kappa shape index (κ3) is 3.02. The molecule has 2 saturated heterocycles. The largest absolute Gasteiger partial charge is 0.504 e. The average molecular weight is 453 g/mol. The zero-order valence-corrected chi connectivity index (χ0v) is 18.0. The van der Waals surface area contributed by atoms with Crippen LogP contribution >= 0.6 is 0 Å². The molecule has 3 aliphatic heterocycles. The molecule has 4 N–H and O–H groups in total. The molecule has 9 heteroatoms. The molecule has 33 heavy (non-hydrogen) atoms. The lowest BCUT2D eigenvalue weighted by atomic mass is 9.76. The number of phenolic OH excluding ortho intramolecular Hbond substituents is 2. The van der Waals surface area contributed by atoms with E-state index in [1.54, 1.807) is 6.07 Å². The van der Waals surface area contributed by atoms with Crippen LogP contribution in [0.4, 0.5) is 10.1 Å². The van der Waals surface area contributed by atoms with Crippen molar-refractivity contribution in [3.05, 3.63) is 53.3 Å². The molecule has 2 unspecified atom stereocenters. The van der Waals surface area contributed by atoms with Gasteiger partial charge in [0.25, 0.3) is 0 Å². The molecule has 0 aliphatic carbocycles. The van der Waals surface area contributed by atoms with Crippen molar-refractivity contribution in [2.45, 2.75) is 37.8 Å². The Morgan fingerprint density at radius 3 is 2.58 bits per heavy atom. The van der Waals surface area contributed by atoms with Crippen LogP contribution < -0.4 is 10.6 Å². The van der Waals surface area contributed by atoms with Gasteiger partial charge >= 0.3 is 0 Å². The molecule has 5 rings (SSSR count). The number of likely N-dealkylation sites (tertiary alicyclic amines) is 1. The van der Waals surface area contributed by atoms with Gasteiger partial charge in [-0.3, -0.25) is 24.6 Å². The lowest BCUT2D eigenvalue weighted by molar-refractivity contribution is -0.142. The van der Waals surface area contributed by atoms with Crippen molar-refractivity contribution in [1.82, 2.24) is 10.2 Å². The number of aromatic hydroxyl groups is 2. The van der Waals surface area contributed by atoms with Gasteiger partial charge < -0.3 is 15.5 Å². The fourth-order valence-corrected chi connectivity index (χ4v) is 5.50. The lowest BCUT2D eigenvalue weighted by Gasteiger charge is -2.29. The van der Waals surface area contributed by atoms with Crippen molar-refractivity contribution >= 4 is 23.4 Å². The van der Waals surface area contributed by atoms with Crippen LogP contribution in [0.3, 0.4) is 0 Å². The highest BCUT2D eigenvalue weighted by atomic mass is 19.1. The van der Waals surface area contributed by atoms with Crippen molar-refractivity contribution in [2.75, 3.05) is 11.9 Å². The number of hydrogen-bond donors (Lipinski definition) is 4. The topological polar surface area (TPSA) is 119 Å². The van der Waals surface area contributed by atoms with Crippen molar-refractivity contribution < 1.29 is 29.0 Å². The standard InChI is InChI=1S/C24H24FN3O5/c1-2-3-8-28-21(31)19-16(9-12-4-7-17(29)18(30)10-12)27-24(20(19)22(28)32)14-11-13(25)5-6-15(14)26-23(24)33/h4-7,10-11,16,19-20,27,29-30H,2-3,8-9H2,1H3,(H,26,33)/t16?,19-,20+,24?/m1/s1. The highest BCUT2D eigenvalue weighted by Gasteiger charge is 2.70. The molecule has 1 spiro atoms. The molecule has 3 aliphatic rings. The summed E-state index contributed by atoms with van der Waals surface area (Å²) in [5.74, 6) is -4.25. The van der Waals surface area contributed by atoms with Crippen molar-refractivity contribution in [2.24, 2.45) is 11.8 Å². The van der Waals surface area contributed by atoms with E-state index < -0.39 is 41.0 Å². The third-order valence-electron chi connectivity index (χ3n) is 7.00. The summed E-state index contributed by atoms with van der Waals surface area (Å²) < 4.78 is 14.2. The molecule has 0 radical (unpaired) electrons. The normalized spacial score (nSPS) is 27.9. The van der Waals surface area contributed by atoms with E-state index >= 15 is 0 Å². The molecule has 0 aromatic heterocycles. The van der Waals surface area contributed by atoms with Crippen molar-refractivity contribution in [3.8, 4) is 11.5 Å². The van der Waals surface area contributed by atoms with E-state index in [2.05, 4.69) is 10.6 Å². The lowest BCUT2D eigenvalue weighted by Crippen LogP contribution is -2.53. The maximum absolute atomic E-state index is 14.2. The van der Waals surface area contributed by atoms with Crippen LogP contribution in [0.25, 0.3) is 0 Å². The number of hydrogen-bond acceptors (Lipinski definition) is 6. The summed E-state index contributed by atoms with van der Waals surface area (Å²) >= 11 is 0. The van der Waals surface area contributed by atoms with E-state index in [4.69, 9.17) is 0 Å². The van der Waals surface area contributed by atoms with E-state index in [1.807, 2.05) is 6.92 Å². The number of carbonyl (C=O) groups is 3. The minimum absolute atomic E-state index is 0.218. The summed E-state index contributed by atoms with van der Waals surface area (Å²) in [4.78, 5) is 41.5. The first-order valence-electron chi connectivity index (χ1n) is 11.0. The highest BCUT2D eigenvalue weighted by Crippen LogP contribution is 2.53. The van der Waals surface area contributed by atoms with Crippen LogP contribution in [-0.4, -0.2) is 45.4 Å². The van der Waals surface area contributed by atoms with Gasteiger partial charge in [-0.2, -0.15) is 0 Å². The SMILES string of the molecule is CCCCN1C(=O)[C@@H]2C(Cc3ccc(O)c(O)c3)NC3(C(=O)Nc4ccc(F)cc43)[C@@H]2C1=O. The van der Waals surface area contributed by atoms with Crippen LogP contribution in [0, 0.1) is 17.7 Å². The number of nitrogens with one attached hydrogen (secondary N) is 2. The van der Waals surface area contributed by atoms with Crippen molar-refractivity contribution in [1.29, 1.82) is 0 Å². The number of carbonyl (C=O) groups excluding carboxylic acids is 3. The Hall–Kier alpha value is -3.46. The molecule has 0 saturated carbocycles. The Morgan fingerprint density at radius 1 is 1.06 bits per heavy atom. The maximum atomic E-state index is 14.2. The smallest absolute Gasteiger partial charge is 0.250 e. The maximum Gasteiger partial charge on any atom is 0.250 e. The molecule has 172 valence electrons. The molecule has 2 aromatic rings. The fourth-order valence-electron chi connectivity index (χ4n) is 5.50. The number of imide groups is 1. The van der Waals surface area contributed by atoms with Gasteiger partial charge in [0.05, 0.1) is 11.8 Å². The first kappa shape index (κ1) is 21.4. The zero-order chi connectivity index (χ0) is 23.5. The summed E-state index contributed by atoms with van der Waals surface area (Å²) in [7, 11) is 0. The Labute approximate surface area is 189 Å². The van der Waals surface area contributed by atoms with Gasteiger partial charge in [0.2, 0.25) is 17.7 Å². The first-order valence-corrected chi connectivity index (χ1v) is 11.0. The molecule has 8 nitrogen and oxygen atoms in total. The van der Waals surface area contributed by atoms with E-state index in [0.29, 0.717) is 23.2 Å². The van der Waals surface area contributed by atoms with Crippen LogP contribution in [0.15, 0.2) is 36.4 Å². The number of amides is 3. The van der Waals surface area contributed by atoms with Crippen LogP contribution in [-0.2, 0) is 26.3 Å². The van der Waals surface area contributed by atoms with E-state index in [0.717, 1.165) is 6.42 Å². The summed E-state index contributed by atoms with van der Waals surface area (Å²) in [6, 6.07) is 7.63. The Kier molecular flexibility index (Phi) is 4.89. The highest BCUT2D eigenvalue weighted by molar-refractivity contribution is 6.15. The molecule has 0 bridgehead atoms. The third-order valence-corrected chi connectivity index (χ3v) is 7.00.